The summed E-state index contributed by atoms with van der Waals surface area (Å²) >= 11 is 0. The first kappa shape index (κ1) is 14.5. The summed E-state index contributed by atoms with van der Waals surface area (Å²) in [5, 5.41) is 1.54. The largest absolute Gasteiger partial charge is 0.378 e. The van der Waals surface area contributed by atoms with Gasteiger partial charge in [-0.25, -0.2) is 0 Å². The Morgan fingerprint density at radius 3 is 2.24 bits per heavy atom. The van der Waals surface area contributed by atoms with Crippen molar-refractivity contribution >= 4 is 13.3 Å². The predicted octanol–water partition coefficient (Wildman–Crippen LogP) is 4.17. The molecule has 0 bridgehead atoms. The summed E-state index contributed by atoms with van der Waals surface area (Å²) in [5.41, 5.74) is 1.43. The fraction of sp³-hybridized carbons (Fsp3) is 0.368. The van der Waals surface area contributed by atoms with Crippen LogP contribution in [-0.2, 0) is 4.74 Å². The molecule has 0 spiro atoms. The highest BCUT2D eigenvalue weighted by Gasteiger charge is 2.33. The Morgan fingerprint density at radius 2 is 1.57 bits per heavy atom. The van der Waals surface area contributed by atoms with Crippen LogP contribution in [0.3, 0.4) is 0 Å². The van der Waals surface area contributed by atoms with E-state index in [1.165, 1.54) is 23.2 Å². The molecular formula is C19H24OSi. The molecule has 0 aromatic heterocycles. The van der Waals surface area contributed by atoms with Gasteiger partial charge in [-0.15, -0.1) is 0 Å². The van der Waals surface area contributed by atoms with Crippen molar-refractivity contribution in [3.63, 3.8) is 0 Å². The zero-order valence-electron chi connectivity index (χ0n) is 13.0. The highest BCUT2D eigenvalue weighted by Crippen LogP contribution is 2.33. The Labute approximate surface area is 129 Å². The molecule has 1 nitrogen and oxygen atoms in total. The maximum absolute atomic E-state index is 6.11. The molecule has 21 heavy (non-hydrogen) atoms. The SMILES string of the molecule is C[Si](C)(CC1CC(c2ccccc2)CO1)c1ccccc1. The highest BCUT2D eigenvalue weighted by molar-refractivity contribution is 6.89. The molecule has 1 fully saturated rings. The summed E-state index contributed by atoms with van der Waals surface area (Å²) in [4.78, 5) is 0. The Hall–Kier alpha value is -1.38. The van der Waals surface area contributed by atoms with Gasteiger partial charge < -0.3 is 4.74 Å². The molecular weight excluding hydrogens is 272 g/mol. The Balaban J connectivity index is 1.65. The van der Waals surface area contributed by atoms with Gasteiger partial charge in [-0.1, -0.05) is 78.9 Å². The molecule has 3 rings (SSSR count). The minimum atomic E-state index is -1.40. The van der Waals surface area contributed by atoms with Crippen LogP contribution < -0.4 is 5.19 Å². The third-order valence-electron chi connectivity index (χ3n) is 4.64. The van der Waals surface area contributed by atoms with Crippen LogP contribution in [0.5, 0.6) is 0 Å². The van der Waals surface area contributed by atoms with Crippen LogP contribution in [-0.4, -0.2) is 20.8 Å². The average Bonchev–Trinajstić information content (AvgIpc) is 2.97. The van der Waals surface area contributed by atoms with Gasteiger partial charge in [-0.3, -0.25) is 0 Å². The minimum Gasteiger partial charge on any atom is -0.378 e. The van der Waals surface area contributed by atoms with Crippen molar-refractivity contribution in [3.8, 4) is 0 Å². The summed E-state index contributed by atoms with van der Waals surface area (Å²) < 4.78 is 6.11. The van der Waals surface area contributed by atoms with Gasteiger partial charge in [0.25, 0.3) is 0 Å². The molecule has 1 aliphatic heterocycles. The second-order valence-corrected chi connectivity index (χ2v) is 11.5. The number of hydrogen-bond acceptors (Lipinski definition) is 1. The van der Waals surface area contributed by atoms with Crippen LogP contribution in [0.15, 0.2) is 60.7 Å². The first-order valence-electron chi connectivity index (χ1n) is 7.87. The van der Waals surface area contributed by atoms with Gasteiger partial charge in [0, 0.05) is 5.92 Å². The summed E-state index contributed by atoms with van der Waals surface area (Å²) in [7, 11) is -1.40. The zero-order chi connectivity index (χ0) is 14.7. The Kier molecular flexibility index (Phi) is 4.27. The lowest BCUT2D eigenvalue weighted by Gasteiger charge is -2.26. The normalized spacial score (nSPS) is 22.4. The molecule has 0 N–H and O–H groups in total. The lowest BCUT2D eigenvalue weighted by Crippen LogP contribution is -2.43. The molecule has 2 aromatic carbocycles. The van der Waals surface area contributed by atoms with E-state index in [4.69, 9.17) is 4.74 Å². The number of benzene rings is 2. The maximum Gasteiger partial charge on any atom is 0.0831 e. The van der Waals surface area contributed by atoms with Crippen LogP contribution in [0.2, 0.25) is 19.1 Å². The molecule has 0 amide bonds. The molecule has 0 radical (unpaired) electrons. The Bertz CT molecular complexity index is 565. The van der Waals surface area contributed by atoms with E-state index in [1.807, 2.05) is 0 Å². The van der Waals surface area contributed by atoms with E-state index in [2.05, 4.69) is 73.8 Å². The van der Waals surface area contributed by atoms with Gasteiger partial charge in [-0.05, 0) is 18.0 Å². The van der Waals surface area contributed by atoms with Crippen LogP contribution in [0.1, 0.15) is 17.9 Å². The third kappa shape index (κ3) is 3.45. The molecule has 2 unspecified atom stereocenters. The lowest BCUT2D eigenvalue weighted by molar-refractivity contribution is 0.122. The molecule has 2 aromatic rings. The number of ether oxygens (including phenoxy) is 1. The first-order valence-corrected chi connectivity index (χ1v) is 11.1. The lowest BCUT2D eigenvalue weighted by atomic mass is 9.97. The van der Waals surface area contributed by atoms with Crippen molar-refractivity contribution < 1.29 is 4.74 Å². The molecule has 1 aliphatic rings. The summed E-state index contributed by atoms with van der Waals surface area (Å²) in [5.74, 6) is 0.580. The van der Waals surface area contributed by atoms with E-state index in [1.54, 1.807) is 0 Å². The van der Waals surface area contributed by atoms with E-state index in [9.17, 15) is 0 Å². The quantitative estimate of drug-likeness (QED) is 0.769. The smallest absolute Gasteiger partial charge is 0.0831 e. The predicted molar refractivity (Wildman–Crippen MR) is 91.9 cm³/mol. The van der Waals surface area contributed by atoms with E-state index < -0.39 is 8.07 Å². The van der Waals surface area contributed by atoms with Gasteiger partial charge in [0.15, 0.2) is 0 Å². The zero-order valence-corrected chi connectivity index (χ0v) is 14.0. The van der Waals surface area contributed by atoms with Crippen LogP contribution in [0.4, 0.5) is 0 Å². The topological polar surface area (TPSA) is 9.23 Å². The van der Waals surface area contributed by atoms with E-state index in [0.717, 1.165) is 6.61 Å². The molecule has 110 valence electrons. The molecule has 2 atom stereocenters. The van der Waals surface area contributed by atoms with Crippen molar-refractivity contribution in [3.05, 3.63) is 66.2 Å². The second-order valence-electron chi connectivity index (χ2n) is 6.75. The average molecular weight is 296 g/mol. The number of rotatable bonds is 4. The van der Waals surface area contributed by atoms with Crippen molar-refractivity contribution in [1.29, 1.82) is 0 Å². The summed E-state index contributed by atoms with van der Waals surface area (Å²) in [6.45, 7) is 5.80. The van der Waals surface area contributed by atoms with Crippen LogP contribution >= 0.6 is 0 Å². The maximum atomic E-state index is 6.11. The van der Waals surface area contributed by atoms with Gasteiger partial charge in [0.1, 0.15) is 0 Å². The molecule has 2 heteroatoms. The highest BCUT2D eigenvalue weighted by atomic mass is 28.3. The molecule has 1 heterocycles. The standard InChI is InChI=1S/C19H24OSi/c1-21(2,19-11-7-4-8-12-19)15-18-13-17(14-20-18)16-9-5-3-6-10-16/h3-12,17-18H,13-15H2,1-2H3. The van der Waals surface area contributed by atoms with Crippen molar-refractivity contribution in [2.75, 3.05) is 6.61 Å². The molecule has 0 saturated carbocycles. The Morgan fingerprint density at radius 1 is 0.952 bits per heavy atom. The van der Waals surface area contributed by atoms with Gasteiger partial charge in [0.2, 0.25) is 0 Å². The summed E-state index contributed by atoms with van der Waals surface area (Å²) in [6, 6.07) is 23.0. The minimum absolute atomic E-state index is 0.428. The van der Waals surface area contributed by atoms with E-state index >= 15 is 0 Å². The molecule has 1 saturated heterocycles. The van der Waals surface area contributed by atoms with Crippen molar-refractivity contribution in [1.82, 2.24) is 0 Å². The fourth-order valence-corrected chi connectivity index (χ4v) is 6.14. The van der Waals surface area contributed by atoms with Crippen molar-refractivity contribution in [2.45, 2.75) is 37.6 Å². The first-order chi connectivity index (χ1) is 10.1. The van der Waals surface area contributed by atoms with Gasteiger partial charge in [0.05, 0.1) is 20.8 Å². The summed E-state index contributed by atoms with van der Waals surface area (Å²) in [6.07, 6.45) is 1.60. The van der Waals surface area contributed by atoms with Crippen LogP contribution in [0.25, 0.3) is 0 Å². The monoisotopic (exact) mass is 296 g/mol. The van der Waals surface area contributed by atoms with E-state index in [0.29, 0.717) is 12.0 Å². The van der Waals surface area contributed by atoms with Gasteiger partial charge >= 0.3 is 0 Å². The second kappa shape index (κ2) is 6.16. The third-order valence-corrected chi connectivity index (χ3v) is 8.02. The fourth-order valence-electron chi connectivity index (χ4n) is 3.38. The van der Waals surface area contributed by atoms with Gasteiger partial charge in [-0.2, -0.15) is 0 Å². The molecule has 0 aliphatic carbocycles. The van der Waals surface area contributed by atoms with E-state index in [-0.39, 0.29) is 0 Å². The van der Waals surface area contributed by atoms with Crippen molar-refractivity contribution in [2.24, 2.45) is 0 Å². The number of hydrogen-bond donors (Lipinski definition) is 0. The van der Waals surface area contributed by atoms with Crippen LogP contribution in [0, 0.1) is 0 Å².